The molecule has 0 saturated heterocycles. The molecule has 1 aliphatic carbocycles. The van der Waals surface area contributed by atoms with Crippen LogP contribution < -0.4 is 0 Å². The van der Waals surface area contributed by atoms with Crippen LogP contribution in [0.3, 0.4) is 0 Å². The molecule has 3 heteroatoms. The van der Waals surface area contributed by atoms with Crippen molar-refractivity contribution in [3.63, 3.8) is 0 Å². The highest BCUT2D eigenvalue weighted by Crippen LogP contribution is 2.24. The first kappa shape index (κ1) is 10.7. The van der Waals surface area contributed by atoms with Crippen molar-refractivity contribution in [2.75, 3.05) is 0 Å². The quantitative estimate of drug-likeness (QED) is 0.662. The minimum absolute atomic E-state index is 0.958. The van der Waals surface area contributed by atoms with Gasteiger partial charge in [0, 0.05) is 23.5 Å². The maximum Gasteiger partial charge on any atom is 0.155 e. The molecule has 94 valence electrons. The summed E-state index contributed by atoms with van der Waals surface area (Å²) >= 11 is 0. The summed E-state index contributed by atoms with van der Waals surface area (Å²) in [5.74, 6) is 0. The van der Waals surface area contributed by atoms with Crippen LogP contribution in [0.5, 0.6) is 0 Å². The highest BCUT2D eigenvalue weighted by Gasteiger charge is 2.15. The van der Waals surface area contributed by atoms with Gasteiger partial charge in [-0.25, -0.2) is 9.50 Å². The summed E-state index contributed by atoms with van der Waals surface area (Å²) in [6.45, 7) is 0. The van der Waals surface area contributed by atoms with E-state index < -0.39 is 0 Å². The van der Waals surface area contributed by atoms with E-state index >= 15 is 0 Å². The largest absolute Gasteiger partial charge is 0.237 e. The van der Waals surface area contributed by atoms with Crippen LogP contribution in [0.1, 0.15) is 24.1 Å². The monoisotopic (exact) mass is 249 g/mol. The molecule has 0 amide bonds. The average molecular weight is 249 g/mol. The maximum absolute atomic E-state index is 4.75. The lowest BCUT2D eigenvalue weighted by atomic mass is 9.97. The highest BCUT2D eigenvalue weighted by molar-refractivity contribution is 5.64. The normalized spacial score (nSPS) is 14.5. The molecular weight excluding hydrogens is 234 g/mol. The van der Waals surface area contributed by atoms with E-state index in [-0.39, 0.29) is 0 Å². The van der Waals surface area contributed by atoms with Crippen molar-refractivity contribution >= 4 is 5.65 Å². The third-order valence-corrected chi connectivity index (χ3v) is 3.85. The molecule has 0 aliphatic heterocycles. The summed E-state index contributed by atoms with van der Waals surface area (Å²) < 4.78 is 2.04. The maximum atomic E-state index is 4.75. The van der Waals surface area contributed by atoms with Gasteiger partial charge in [-0.3, -0.25) is 0 Å². The second kappa shape index (κ2) is 4.19. The highest BCUT2D eigenvalue weighted by atomic mass is 15.3. The van der Waals surface area contributed by atoms with Crippen LogP contribution >= 0.6 is 0 Å². The molecule has 3 aromatic rings. The fourth-order valence-corrected chi connectivity index (χ4v) is 2.85. The van der Waals surface area contributed by atoms with Crippen molar-refractivity contribution in [1.29, 1.82) is 0 Å². The van der Waals surface area contributed by atoms with E-state index in [1.807, 2.05) is 28.9 Å². The molecule has 0 fully saturated rings. The number of nitrogens with zero attached hydrogens (tertiary/aromatic N) is 3. The fraction of sp³-hybridized carbons (Fsp3) is 0.250. The Hall–Kier alpha value is -2.16. The minimum Gasteiger partial charge on any atom is -0.237 e. The molecule has 1 aromatic carbocycles. The Morgan fingerprint density at radius 1 is 1.00 bits per heavy atom. The lowest BCUT2D eigenvalue weighted by molar-refractivity contribution is 0.641. The first-order chi connectivity index (χ1) is 9.42. The Morgan fingerprint density at radius 3 is 2.74 bits per heavy atom. The molecule has 2 heterocycles. The van der Waals surface area contributed by atoms with Gasteiger partial charge in [-0.05, 0) is 31.2 Å². The predicted octanol–water partition coefficient (Wildman–Crippen LogP) is 3.28. The number of aromatic nitrogens is 3. The van der Waals surface area contributed by atoms with Gasteiger partial charge in [0.05, 0.1) is 5.69 Å². The Balaban J connectivity index is 1.92. The molecule has 0 atom stereocenters. The zero-order chi connectivity index (χ0) is 12.7. The van der Waals surface area contributed by atoms with Crippen molar-refractivity contribution < 1.29 is 0 Å². The van der Waals surface area contributed by atoms with Gasteiger partial charge in [0.25, 0.3) is 0 Å². The van der Waals surface area contributed by atoms with Gasteiger partial charge >= 0.3 is 0 Å². The molecule has 1 aliphatic rings. The standard InChI is InChI=1S/C16H15N3/c1-2-6-12(7-3-1)14-10-16-17-11-13-8-4-5-9-15(13)19(16)18-14/h1-3,6-7,10-11H,4-5,8-9H2. The van der Waals surface area contributed by atoms with Gasteiger partial charge in [0.1, 0.15) is 0 Å². The van der Waals surface area contributed by atoms with E-state index in [0.29, 0.717) is 0 Å². The van der Waals surface area contributed by atoms with Crippen LogP contribution in [0.4, 0.5) is 0 Å². The topological polar surface area (TPSA) is 30.2 Å². The van der Waals surface area contributed by atoms with Gasteiger partial charge in [-0.2, -0.15) is 5.10 Å². The number of rotatable bonds is 1. The number of benzene rings is 1. The van der Waals surface area contributed by atoms with Gasteiger partial charge in [-0.1, -0.05) is 30.3 Å². The first-order valence-electron chi connectivity index (χ1n) is 6.84. The molecule has 0 bridgehead atoms. The van der Waals surface area contributed by atoms with E-state index in [9.17, 15) is 0 Å². The molecule has 0 unspecified atom stereocenters. The third kappa shape index (κ3) is 1.73. The fourth-order valence-electron chi connectivity index (χ4n) is 2.85. The molecule has 3 nitrogen and oxygen atoms in total. The smallest absolute Gasteiger partial charge is 0.155 e. The van der Waals surface area contributed by atoms with Crippen molar-refractivity contribution in [2.45, 2.75) is 25.7 Å². The van der Waals surface area contributed by atoms with Crippen molar-refractivity contribution in [3.05, 3.63) is 53.9 Å². The van der Waals surface area contributed by atoms with E-state index in [1.54, 1.807) is 0 Å². The summed E-state index contributed by atoms with van der Waals surface area (Å²) in [5.41, 5.74) is 5.82. The van der Waals surface area contributed by atoms with Crippen molar-refractivity contribution in [1.82, 2.24) is 14.6 Å². The second-order valence-corrected chi connectivity index (χ2v) is 5.10. The van der Waals surface area contributed by atoms with Crippen LogP contribution in [-0.4, -0.2) is 14.6 Å². The Kier molecular flexibility index (Phi) is 2.37. The summed E-state index contributed by atoms with van der Waals surface area (Å²) in [7, 11) is 0. The lowest BCUT2D eigenvalue weighted by Gasteiger charge is -2.15. The van der Waals surface area contributed by atoms with Gasteiger partial charge < -0.3 is 0 Å². The molecule has 19 heavy (non-hydrogen) atoms. The van der Waals surface area contributed by atoms with E-state index in [0.717, 1.165) is 29.7 Å². The molecular formula is C16H15N3. The van der Waals surface area contributed by atoms with Crippen molar-refractivity contribution in [2.24, 2.45) is 0 Å². The molecule has 2 aromatic heterocycles. The van der Waals surface area contributed by atoms with Gasteiger partial charge in [0.2, 0.25) is 0 Å². The molecule has 0 radical (unpaired) electrons. The van der Waals surface area contributed by atoms with Crippen LogP contribution in [0, 0.1) is 0 Å². The van der Waals surface area contributed by atoms with Gasteiger partial charge in [-0.15, -0.1) is 0 Å². The summed E-state index contributed by atoms with van der Waals surface area (Å²) in [5, 5.41) is 4.75. The third-order valence-electron chi connectivity index (χ3n) is 3.85. The van der Waals surface area contributed by atoms with E-state index in [2.05, 4.69) is 23.2 Å². The first-order valence-corrected chi connectivity index (χ1v) is 6.84. The number of aryl methyl sites for hydroxylation is 2. The summed E-state index contributed by atoms with van der Waals surface area (Å²) in [4.78, 5) is 4.54. The zero-order valence-electron chi connectivity index (χ0n) is 10.7. The Morgan fingerprint density at radius 2 is 1.84 bits per heavy atom. The number of fused-ring (bicyclic) bond motifs is 3. The number of hydrogen-bond acceptors (Lipinski definition) is 2. The summed E-state index contributed by atoms with van der Waals surface area (Å²) in [6.07, 6.45) is 6.81. The lowest BCUT2D eigenvalue weighted by Crippen LogP contribution is -2.10. The molecule has 0 saturated carbocycles. The average Bonchev–Trinajstić information content (AvgIpc) is 2.93. The zero-order valence-corrected chi connectivity index (χ0v) is 10.7. The molecule has 0 spiro atoms. The predicted molar refractivity (Wildman–Crippen MR) is 75.1 cm³/mol. The molecule has 4 rings (SSSR count). The Labute approximate surface area is 111 Å². The van der Waals surface area contributed by atoms with Crippen LogP contribution in [0.15, 0.2) is 42.6 Å². The van der Waals surface area contributed by atoms with Crippen LogP contribution in [-0.2, 0) is 12.8 Å². The molecule has 0 N–H and O–H groups in total. The van der Waals surface area contributed by atoms with Crippen molar-refractivity contribution in [3.8, 4) is 11.3 Å². The van der Waals surface area contributed by atoms with Crippen LogP contribution in [0.25, 0.3) is 16.9 Å². The van der Waals surface area contributed by atoms with E-state index in [4.69, 9.17) is 5.10 Å². The minimum atomic E-state index is 0.958. The summed E-state index contributed by atoms with van der Waals surface area (Å²) in [6, 6.07) is 12.4. The Bertz CT molecular complexity index is 728. The van der Waals surface area contributed by atoms with Gasteiger partial charge in [0.15, 0.2) is 5.65 Å². The van der Waals surface area contributed by atoms with E-state index in [1.165, 1.54) is 24.1 Å². The number of hydrogen-bond donors (Lipinski definition) is 0. The second-order valence-electron chi connectivity index (χ2n) is 5.10. The SMILES string of the molecule is c1ccc(-c2cc3ncc4c(n3n2)CCCC4)cc1. The van der Waals surface area contributed by atoms with Crippen LogP contribution in [0.2, 0.25) is 0 Å².